The molecule has 0 saturated carbocycles. The molecule has 0 amide bonds. The second kappa shape index (κ2) is 11.7. The summed E-state index contributed by atoms with van der Waals surface area (Å²) < 4.78 is 67.4. The summed E-state index contributed by atoms with van der Waals surface area (Å²) in [4.78, 5) is 0.529. The number of rotatable bonds is 10. The minimum absolute atomic E-state index is 0.0954. The Bertz CT molecular complexity index is 1620. The Kier molecular flexibility index (Phi) is 8.82. The molecule has 0 aliphatic rings. The van der Waals surface area contributed by atoms with E-state index in [-0.39, 0.29) is 21.7 Å². The van der Waals surface area contributed by atoms with Crippen molar-refractivity contribution in [3.63, 3.8) is 0 Å². The Morgan fingerprint density at radius 3 is 2.14 bits per heavy atom. The van der Waals surface area contributed by atoms with E-state index in [0.29, 0.717) is 29.7 Å². The summed E-state index contributed by atoms with van der Waals surface area (Å²) in [5.41, 5.74) is 2.39. The summed E-state index contributed by atoms with van der Waals surface area (Å²) in [5.74, 6) is 0. The lowest BCUT2D eigenvalue weighted by Crippen LogP contribution is -2.09. The van der Waals surface area contributed by atoms with Crippen LogP contribution in [0.1, 0.15) is 35.9 Å². The van der Waals surface area contributed by atoms with E-state index in [0.717, 1.165) is 0 Å². The fourth-order valence-corrected chi connectivity index (χ4v) is 4.93. The predicted molar refractivity (Wildman–Crippen MR) is 147 cm³/mol. The molecule has 37 heavy (non-hydrogen) atoms. The highest BCUT2D eigenvalue weighted by Crippen LogP contribution is 2.24. The van der Waals surface area contributed by atoms with E-state index in [2.05, 4.69) is 16.8 Å². The number of hydrogen-bond donors (Lipinski definition) is 2. The molecular weight excluding hydrogens is 513 g/mol. The SMILES string of the molecule is Bc1ccc(/C=C/c2ccc(-n3nc(/C=C\C/C=C\C)c(CC=C)n3)cc2S(=O)(=O)O)c(S(=O)(=O)O)c1. The molecule has 0 spiro atoms. The third-order valence-electron chi connectivity index (χ3n) is 5.23. The molecule has 0 aliphatic carbocycles. The van der Waals surface area contributed by atoms with Gasteiger partial charge >= 0.3 is 0 Å². The van der Waals surface area contributed by atoms with E-state index >= 15 is 0 Å². The topological polar surface area (TPSA) is 139 Å². The molecule has 9 nitrogen and oxygen atoms in total. The van der Waals surface area contributed by atoms with Crippen LogP contribution >= 0.6 is 0 Å². The fourth-order valence-electron chi connectivity index (χ4n) is 3.46. The highest BCUT2D eigenvalue weighted by molar-refractivity contribution is 7.86. The average molecular weight is 539 g/mol. The van der Waals surface area contributed by atoms with Crippen molar-refractivity contribution < 1.29 is 25.9 Å². The van der Waals surface area contributed by atoms with Crippen molar-refractivity contribution in [2.75, 3.05) is 0 Å². The second-order valence-electron chi connectivity index (χ2n) is 8.07. The van der Waals surface area contributed by atoms with Crippen LogP contribution in [0.4, 0.5) is 0 Å². The molecule has 192 valence electrons. The van der Waals surface area contributed by atoms with Gasteiger partial charge in [-0.25, -0.2) is 0 Å². The monoisotopic (exact) mass is 539 g/mol. The first-order valence-corrected chi connectivity index (χ1v) is 14.0. The summed E-state index contributed by atoms with van der Waals surface area (Å²) in [6, 6.07) is 8.66. The third-order valence-corrected chi connectivity index (χ3v) is 7.05. The zero-order valence-corrected chi connectivity index (χ0v) is 21.9. The van der Waals surface area contributed by atoms with Crippen LogP contribution in [-0.2, 0) is 26.7 Å². The lowest BCUT2D eigenvalue weighted by atomic mass is 9.95. The van der Waals surface area contributed by atoms with Crippen LogP contribution in [0.2, 0.25) is 0 Å². The Labute approximate surface area is 217 Å². The van der Waals surface area contributed by atoms with Gasteiger partial charge in [0.2, 0.25) is 0 Å². The Hall–Kier alpha value is -3.58. The molecule has 0 radical (unpaired) electrons. The van der Waals surface area contributed by atoms with Crippen LogP contribution in [0.5, 0.6) is 0 Å². The van der Waals surface area contributed by atoms with Crippen LogP contribution in [0, 0.1) is 0 Å². The van der Waals surface area contributed by atoms with Crippen LogP contribution in [-0.4, -0.2) is 48.8 Å². The highest BCUT2D eigenvalue weighted by atomic mass is 32.2. The summed E-state index contributed by atoms with van der Waals surface area (Å²) in [6.45, 7) is 5.66. The molecule has 0 bridgehead atoms. The molecule has 1 aromatic heterocycles. The van der Waals surface area contributed by atoms with Gasteiger partial charge in [-0.3, -0.25) is 9.11 Å². The summed E-state index contributed by atoms with van der Waals surface area (Å²) in [5, 5.41) is 8.89. The van der Waals surface area contributed by atoms with Gasteiger partial charge < -0.3 is 0 Å². The van der Waals surface area contributed by atoms with Crippen LogP contribution in [0.15, 0.2) is 77.1 Å². The zero-order chi connectivity index (χ0) is 27.2. The first-order valence-electron chi connectivity index (χ1n) is 11.2. The maximum absolute atomic E-state index is 12.2. The van der Waals surface area contributed by atoms with Crippen molar-refractivity contribution in [1.82, 2.24) is 15.0 Å². The molecule has 1 heterocycles. The molecule has 2 aromatic carbocycles. The van der Waals surface area contributed by atoms with E-state index in [1.54, 1.807) is 26.1 Å². The number of aromatic nitrogens is 3. The number of benzene rings is 2. The van der Waals surface area contributed by atoms with Crippen molar-refractivity contribution in [1.29, 1.82) is 0 Å². The number of nitrogens with zero attached hydrogens (tertiary/aromatic N) is 3. The van der Waals surface area contributed by atoms with Gasteiger partial charge in [-0.05, 0) is 48.7 Å². The van der Waals surface area contributed by atoms with Gasteiger partial charge in [-0.1, -0.05) is 60.1 Å². The van der Waals surface area contributed by atoms with Gasteiger partial charge in [-0.2, -0.15) is 26.7 Å². The van der Waals surface area contributed by atoms with E-state index < -0.39 is 25.1 Å². The minimum Gasteiger partial charge on any atom is -0.282 e. The zero-order valence-electron chi connectivity index (χ0n) is 20.3. The first kappa shape index (κ1) is 28.0. The predicted octanol–water partition coefficient (Wildman–Crippen LogP) is 2.90. The lowest BCUT2D eigenvalue weighted by Gasteiger charge is -2.08. The smallest absolute Gasteiger partial charge is 0.282 e. The van der Waals surface area contributed by atoms with Gasteiger partial charge in [0.15, 0.2) is 0 Å². The molecule has 0 saturated heterocycles. The maximum Gasteiger partial charge on any atom is 0.295 e. The van der Waals surface area contributed by atoms with E-state index in [1.807, 2.05) is 31.2 Å². The van der Waals surface area contributed by atoms with Gasteiger partial charge in [0.1, 0.15) is 23.3 Å². The lowest BCUT2D eigenvalue weighted by molar-refractivity contribution is 0.480. The quantitative estimate of drug-likeness (QED) is 0.174. The molecule has 0 aliphatic heterocycles. The highest BCUT2D eigenvalue weighted by Gasteiger charge is 2.18. The van der Waals surface area contributed by atoms with Crippen molar-refractivity contribution in [3.05, 3.63) is 89.8 Å². The van der Waals surface area contributed by atoms with Gasteiger partial charge in [-0.15, -0.1) is 11.7 Å². The normalized spacial score (nSPS) is 12.7. The molecule has 3 rings (SSSR count). The fraction of sp³-hybridized carbons (Fsp3) is 0.120. The maximum atomic E-state index is 12.2. The van der Waals surface area contributed by atoms with Crippen LogP contribution < -0.4 is 5.46 Å². The summed E-state index contributed by atoms with van der Waals surface area (Å²) >= 11 is 0. The summed E-state index contributed by atoms with van der Waals surface area (Å²) in [7, 11) is -7.52. The molecule has 12 heteroatoms. The molecule has 0 fully saturated rings. The Morgan fingerprint density at radius 1 is 0.919 bits per heavy atom. The average Bonchev–Trinajstić information content (AvgIpc) is 3.22. The molecule has 0 atom stereocenters. The minimum atomic E-state index is -4.67. The second-order valence-corrected chi connectivity index (χ2v) is 10.8. The van der Waals surface area contributed by atoms with E-state index in [9.17, 15) is 25.9 Å². The third kappa shape index (κ3) is 7.23. The molecular formula is C25H26BN3O6S2. The van der Waals surface area contributed by atoms with Crippen molar-refractivity contribution >= 4 is 51.8 Å². The van der Waals surface area contributed by atoms with Crippen LogP contribution in [0.25, 0.3) is 23.9 Å². The molecule has 2 N–H and O–H groups in total. The van der Waals surface area contributed by atoms with Crippen molar-refractivity contribution in [2.45, 2.75) is 29.6 Å². The van der Waals surface area contributed by atoms with Crippen LogP contribution in [0.3, 0.4) is 0 Å². The largest absolute Gasteiger partial charge is 0.295 e. The van der Waals surface area contributed by atoms with Crippen molar-refractivity contribution in [3.8, 4) is 5.69 Å². The summed E-state index contributed by atoms with van der Waals surface area (Å²) in [6.07, 6.45) is 13.2. The molecule has 0 unspecified atom stereocenters. The Balaban J connectivity index is 2.07. The molecule has 3 aromatic rings. The van der Waals surface area contributed by atoms with Gasteiger partial charge in [0.25, 0.3) is 20.2 Å². The Morgan fingerprint density at radius 2 is 1.54 bits per heavy atom. The van der Waals surface area contributed by atoms with E-state index in [4.69, 9.17) is 0 Å². The van der Waals surface area contributed by atoms with E-state index in [1.165, 1.54) is 41.2 Å². The number of allylic oxidation sites excluding steroid dienone is 4. The van der Waals surface area contributed by atoms with Gasteiger partial charge in [0, 0.05) is 6.42 Å². The van der Waals surface area contributed by atoms with Crippen molar-refractivity contribution in [2.24, 2.45) is 0 Å². The van der Waals surface area contributed by atoms with Gasteiger partial charge in [0.05, 0.1) is 11.4 Å². The number of hydrogen-bond acceptors (Lipinski definition) is 6. The standard InChI is InChI=1S/C25H26BN3O6S2/c1-3-5-6-7-9-23-22(8-4-2)27-29(28-23)21-15-13-19(25(17-21)37(33,34)35)11-10-18-12-14-20(26)16-24(18)36(30,31)32/h3-5,7,9-17H,2,6,8,26H2,1H3,(H,30,31,32)(H,33,34,35)/b5-3-,9-7-,11-10+. The first-order chi connectivity index (χ1) is 17.4.